The van der Waals surface area contributed by atoms with Crippen molar-refractivity contribution in [3.63, 3.8) is 0 Å². The van der Waals surface area contributed by atoms with Gasteiger partial charge in [-0.3, -0.25) is 4.79 Å². The molecule has 1 saturated carbocycles. The SMILES string of the molecule is O=C(/C=C/C=C/c1ccc2c(c1)OCO2)NC1CCCC1. The standard InChI is InChI=1S/C17H19NO3/c19-17(18-14-6-2-3-7-14)8-4-1-5-13-9-10-15-16(11-13)21-12-20-15/h1,4-5,8-11,14H,2-3,6-7,12H2,(H,18,19)/b5-1+,8-4+. The third kappa shape index (κ3) is 3.66. The highest BCUT2D eigenvalue weighted by Crippen LogP contribution is 2.32. The van der Waals surface area contributed by atoms with E-state index in [1.165, 1.54) is 12.8 Å². The highest BCUT2D eigenvalue weighted by molar-refractivity contribution is 5.88. The van der Waals surface area contributed by atoms with Crippen molar-refractivity contribution >= 4 is 12.0 Å². The maximum atomic E-state index is 11.7. The summed E-state index contributed by atoms with van der Waals surface area (Å²) in [5.41, 5.74) is 1.01. The van der Waals surface area contributed by atoms with Crippen molar-refractivity contribution in [1.29, 1.82) is 0 Å². The molecule has 2 aliphatic rings. The van der Waals surface area contributed by atoms with E-state index in [0.29, 0.717) is 6.04 Å². The molecule has 1 heterocycles. The molecule has 1 fully saturated rings. The molecule has 4 heteroatoms. The molecule has 21 heavy (non-hydrogen) atoms. The van der Waals surface area contributed by atoms with Crippen molar-refractivity contribution in [3.8, 4) is 11.5 Å². The lowest BCUT2D eigenvalue weighted by Gasteiger charge is -2.08. The molecule has 1 aromatic rings. The topological polar surface area (TPSA) is 47.6 Å². The van der Waals surface area contributed by atoms with Crippen LogP contribution in [-0.2, 0) is 4.79 Å². The molecule has 1 aliphatic heterocycles. The van der Waals surface area contributed by atoms with Crippen molar-refractivity contribution in [2.45, 2.75) is 31.7 Å². The molecule has 3 rings (SSSR count). The van der Waals surface area contributed by atoms with Crippen LogP contribution in [-0.4, -0.2) is 18.7 Å². The number of carbonyl (C=O) groups is 1. The smallest absolute Gasteiger partial charge is 0.244 e. The van der Waals surface area contributed by atoms with Crippen molar-refractivity contribution in [1.82, 2.24) is 5.32 Å². The number of hydrogen-bond donors (Lipinski definition) is 1. The van der Waals surface area contributed by atoms with Gasteiger partial charge in [-0.1, -0.05) is 37.1 Å². The molecule has 1 aromatic carbocycles. The van der Waals surface area contributed by atoms with Crippen molar-refractivity contribution in [2.24, 2.45) is 0 Å². The van der Waals surface area contributed by atoms with Gasteiger partial charge in [0.25, 0.3) is 0 Å². The molecule has 1 N–H and O–H groups in total. The summed E-state index contributed by atoms with van der Waals surface area (Å²) in [6.45, 7) is 0.281. The van der Waals surface area contributed by atoms with Crippen LogP contribution in [0.25, 0.3) is 6.08 Å². The Morgan fingerprint density at radius 2 is 1.95 bits per heavy atom. The third-order valence-electron chi connectivity index (χ3n) is 3.75. The van der Waals surface area contributed by atoms with Gasteiger partial charge in [0.15, 0.2) is 11.5 Å². The van der Waals surface area contributed by atoms with E-state index < -0.39 is 0 Å². The van der Waals surface area contributed by atoms with Gasteiger partial charge in [-0.05, 0) is 30.5 Å². The van der Waals surface area contributed by atoms with E-state index in [1.807, 2.05) is 30.4 Å². The van der Waals surface area contributed by atoms with Gasteiger partial charge in [-0.15, -0.1) is 0 Å². The summed E-state index contributed by atoms with van der Waals surface area (Å²) in [5.74, 6) is 1.52. The first-order valence-corrected chi connectivity index (χ1v) is 7.36. The summed E-state index contributed by atoms with van der Waals surface area (Å²) in [6, 6.07) is 6.13. The summed E-state index contributed by atoms with van der Waals surface area (Å²) < 4.78 is 10.6. The molecule has 0 bridgehead atoms. The average Bonchev–Trinajstić information content (AvgIpc) is 3.14. The van der Waals surface area contributed by atoms with E-state index in [4.69, 9.17) is 9.47 Å². The highest BCUT2D eigenvalue weighted by Gasteiger charge is 2.15. The van der Waals surface area contributed by atoms with E-state index >= 15 is 0 Å². The Hall–Kier alpha value is -2.23. The number of fused-ring (bicyclic) bond motifs is 1. The van der Waals surface area contributed by atoms with Crippen LogP contribution in [0.1, 0.15) is 31.2 Å². The van der Waals surface area contributed by atoms with Crippen LogP contribution in [0.2, 0.25) is 0 Å². The first-order valence-electron chi connectivity index (χ1n) is 7.36. The maximum Gasteiger partial charge on any atom is 0.244 e. The van der Waals surface area contributed by atoms with Gasteiger partial charge in [0.2, 0.25) is 12.7 Å². The predicted octanol–water partition coefficient (Wildman–Crippen LogP) is 3.04. The zero-order valence-electron chi connectivity index (χ0n) is 11.9. The van der Waals surface area contributed by atoms with Crippen LogP contribution in [0, 0.1) is 0 Å². The monoisotopic (exact) mass is 285 g/mol. The van der Waals surface area contributed by atoms with E-state index in [9.17, 15) is 4.79 Å². The van der Waals surface area contributed by atoms with Gasteiger partial charge in [0.05, 0.1) is 0 Å². The van der Waals surface area contributed by atoms with Crippen molar-refractivity contribution in [2.75, 3.05) is 6.79 Å². The summed E-state index contributed by atoms with van der Waals surface area (Å²) in [4.78, 5) is 11.7. The van der Waals surface area contributed by atoms with Crippen LogP contribution >= 0.6 is 0 Å². The molecule has 1 amide bonds. The molecule has 0 atom stereocenters. The lowest BCUT2D eigenvalue weighted by Crippen LogP contribution is -2.30. The molecule has 0 saturated heterocycles. The normalized spacial score (nSPS) is 17.9. The molecule has 4 nitrogen and oxygen atoms in total. The fourth-order valence-electron chi connectivity index (χ4n) is 2.65. The zero-order valence-corrected chi connectivity index (χ0v) is 11.9. The lowest BCUT2D eigenvalue weighted by molar-refractivity contribution is -0.117. The third-order valence-corrected chi connectivity index (χ3v) is 3.75. The van der Waals surface area contributed by atoms with Crippen molar-refractivity contribution in [3.05, 3.63) is 42.0 Å². The molecule has 0 spiro atoms. The number of benzene rings is 1. The van der Waals surface area contributed by atoms with Crippen LogP contribution < -0.4 is 14.8 Å². The second kappa shape index (κ2) is 6.48. The Morgan fingerprint density at radius 3 is 2.81 bits per heavy atom. The zero-order chi connectivity index (χ0) is 14.5. The van der Waals surface area contributed by atoms with Gasteiger partial charge < -0.3 is 14.8 Å². The van der Waals surface area contributed by atoms with Gasteiger partial charge >= 0.3 is 0 Å². The number of rotatable bonds is 4. The van der Waals surface area contributed by atoms with Crippen LogP contribution in [0.3, 0.4) is 0 Å². The minimum absolute atomic E-state index is 0.0164. The van der Waals surface area contributed by atoms with Gasteiger partial charge in [-0.25, -0.2) is 0 Å². The molecule has 110 valence electrons. The largest absolute Gasteiger partial charge is 0.454 e. The fourth-order valence-corrected chi connectivity index (χ4v) is 2.65. The fraction of sp³-hybridized carbons (Fsp3) is 0.353. The molecule has 0 aromatic heterocycles. The van der Waals surface area contributed by atoms with Gasteiger partial charge in [0.1, 0.15) is 0 Å². The molecular weight excluding hydrogens is 266 g/mol. The first kappa shape index (κ1) is 13.7. The molecule has 0 unspecified atom stereocenters. The molecular formula is C17H19NO3. The molecule has 1 aliphatic carbocycles. The second-order valence-electron chi connectivity index (χ2n) is 5.32. The number of hydrogen-bond acceptors (Lipinski definition) is 3. The maximum absolute atomic E-state index is 11.7. The Kier molecular flexibility index (Phi) is 4.24. The van der Waals surface area contributed by atoms with Crippen LogP contribution in [0.5, 0.6) is 11.5 Å². The number of allylic oxidation sites excluding steroid dienone is 2. The Labute approximate surface area is 124 Å². The minimum atomic E-state index is -0.0164. The minimum Gasteiger partial charge on any atom is -0.454 e. The summed E-state index contributed by atoms with van der Waals surface area (Å²) in [5, 5.41) is 3.02. The highest BCUT2D eigenvalue weighted by atomic mass is 16.7. The Morgan fingerprint density at radius 1 is 1.14 bits per heavy atom. The summed E-state index contributed by atoms with van der Waals surface area (Å²) in [7, 11) is 0. The number of nitrogens with one attached hydrogen (secondary N) is 1. The van der Waals surface area contributed by atoms with Gasteiger partial charge in [-0.2, -0.15) is 0 Å². The number of amides is 1. The number of carbonyl (C=O) groups excluding carboxylic acids is 1. The van der Waals surface area contributed by atoms with E-state index in [-0.39, 0.29) is 12.7 Å². The molecule has 0 radical (unpaired) electrons. The number of ether oxygens (including phenoxy) is 2. The average molecular weight is 285 g/mol. The Bertz CT molecular complexity index is 571. The quantitative estimate of drug-likeness (QED) is 0.683. The van der Waals surface area contributed by atoms with E-state index in [1.54, 1.807) is 12.2 Å². The van der Waals surface area contributed by atoms with E-state index in [0.717, 1.165) is 29.9 Å². The summed E-state index contributed by atoms with van der Waals surface area (Å²) >= 11 is 0. The van der Waals surface area contributed by atoms with Gasteiger partial charge in [0, 0.05) is 12.1 Å². The predicted molar refractivity (Wildman–Crippen MR) is 81.1 cm³/mol. The lowest BCUT2D eigenvalue weighted by atomic mass is 10.2. The van der Waals surface area contributed by atoms with Crippen LogP contribution in [0.15, 0.2) is 36.4 Å². The first-order chi connectivity index (χ1) is 10.3. The Balaban J connectivity index is 1.51. The van der Waals surface area contributed by atoms with Crippen LogP contribution in [0.4, 0.5) is 0 Å². The summed E-state index contributed by atoms with van der Waals surface area (Å²) in [6.07, 6.45) is 11.8. The van der Waals surface area contributed by atoms with Crippen molar-refractivity contribution < 1.29 is 14.3 Å². The second-order valence-corrected chi connectivity index (χ2v) is 5.32. The van der Waals surface area contributed by atoms with E-state index in [2.05, 4.69) is 5.32 Å².